The van der Waals surface area contributed by atoms with Crippen molar-refractivity contribution < 1.29 is 14.1 Å². The van der Waals surface area contributed by atoms with Crippen LogP contribution in [0.15, 0.2) is 53.6 Å². The first-order valence-corrected chi connectivity index (χ1v) is 6.60. The Morgan fingerprint density at radius 3 is 2.70 bits per heavy atom. The monoisotopic (exact) mass is 316 g/mol. The van der Waals surface area contributed by atoms with E-state index in [1.165, 1.54) is 36.5 Å². The molecule has 1 amide bonds. The lowest BCUT2D eigenvalue weighted by Gasteiger charge is -2.04. The van der Waals surface area contributed by atoms with Crippen molar-refractivity contribution in [3.05, 3.63) is 70.0 Å². The molecule has 0 aromatic heterocycles. The number of nitrogens with one attached hydrogen (secondary N) is 2. The third kappa shape index (κ3) is 5.20. The van der Waals surface area contributed by atoms with Crippen molar-refractivity contribution in [1.29, 1.82) is 0 Å². The first-order valence-electron chi connectivity index (χ1n) is 6.60. The molecule has 0 bridgehead atoms. The van der Waals surface area contributed by atoms with Crippen LogP contribution in [0.2, 0.25) is 0 Å². The van der Waals surface area contributed by atoms with Gasteiger partial charge in [0, 0.05) is 17.8 Å². The van der Waals surface area contributed by atoms with Crippen LogP contribution < -0.4 is 10.7 Å². The van der Waals surface area contributed by atoms with Gasteiger partial charge < -0.3 is 10.7 Å². The summed E-state index contributed by atoms with van der Waals surface area (Å²) in [6, 6.07) is 11.3. The van der Waals surface area contributed by atoms with E-state index in [2.05, 4.69) is 15.8 Å². The average Bonchev–Trinajstić information content (AvgIpc) is 2.53. The lowest BCUT2D eigenvalue weighted by molar-refractivity contribution is -0.384. The van der Waals surface area contributed by atoms with Crippen molar-refractivity contribution in [1.82, 2.24) is 5.43 Å². The van der Waals surface area contributed by atoms with E-state index in [0.29, 0.717) is 11.3 Å². The minimum Gasteiger partial charge on any atom is -0.324 e. The van der Waals surface area contributed by atoms with Gasteiger partial charge in [-0.2, -0.15) is 5.10 Å². The molecule has 7 nitrogen and oxygen atoms in total. The fourth-order valence-corrected chi connectivity index (χ4v) is 1.69. The van der Waals surface area contributed by atoms with Gasteiger partial charge in [-0.15, -0.1) is 0 Å². The van der Waals surface area contributed by atoms with E-state index >= 15 is 0 Å². The Hall–Kier alpha value is -3.29. The lowest BCUT2D eigenvalue weighted by atomic mass is 10.2. The number of amides is 1. The second-order valence-corrected chi connectivity index (χ2v) is 4.50. The Morgan fingerprint density at radius 1 is 1.26 bits per heavy atom. The number of hydrogen-bond donors (Lipinski definition) is 2. The van der Waals surface area contributed by atoms with Gasteiger partial charge in [-0.25, -0.2) is 4.39 Å². The highest BCUT2D eigenvalue weighted by atomic mass is 19.1. The molecule has 0 fully saturated rings. The van der Waals surface area contributed by atoms with E-state index in [0.717, 1.165) is 0 Å². The van der Waals surface area contributed by atoms with Crippen LogP contribution in [0.5, 0.6) is 0 Å². The highest BCUT2D eigenvalue weighted by molar-refractivity contribution is 5.92. The second-order valence-electron chi connectivity index (χ2n) is 4.50. The molecule has 118 valence electrons. The fourth-order valence-electron chi connectivity index (χ4n) is 1.69. The number of hydrazone groups is 1. The van der Waals surface area contributed by atoms with Gasteiger partial charge in [0.05, 0.1) is 11.1 Å². The van der Waals surface area contributed by atoms with Crippen LogP contribution in [0.1, 0.15) is 5.56 Å². The van der Waals surface area contributed by atoms with Crippen molar-refractivity contribution in [2.24, 2.45) is 5.10 Å². The Kier molecular flexibility index (Phi) is 5.35. The molecule has 2 aromatic rings. The van der Waals surface area contributed by atoms with Crippen LogP contribution in [-0.4, -0.2) is 23.6 Å². The molecule has 0 saturated carbocycles. The number of nitrogens with zero attached hydrogens (tertiary/aromatic N) is 2. The van der Waals surface area contributed by atoms with E-state index < -0.39 is 10.8 Å². The molecule has 0 radical (unpaired) electrons. The van der Waals surface area contributed by atoms with Gasteiger partial charge in [-0.1, -0.05) is 18.2 Å². The molecule has 2 N–H and O–H groups in total. The summed E-state index contributed by atoms with van der Waals surface area (Å²) >= 11 is 0. The molecule has 0 aliphatic carbocycles. The summed E-state index contributed by atoms with van der Waals surface area (Å²) in [5.41, 5.74) is 3.44. The summed E-state index contributed by atoms with van der Waals surface area (Å²) in [5.74, 6) is -0.742. The zero-order valence-corrected chi connectivity index (χ0v) is 11.9. The molecule has 0 saturated heterocycles. The zero-order chi connectivity index (χ0) is 16.7. The van der Waals surface area contributed by atoms with Gasteiger partial charge >= 0.3 is 0 Å². The zero-order valence-electron chi connectivity index (χ0n) is 11.9. The lowest BCUT2D eigenvalue weighted by Crippen LogP contribution is -2.24. The maximum absolute atomic E-state index is 12.7. The number of nitro benzene ring substituents is 1. The van der Waals surface area contributed by atoms with Gasteiger partial charge in [0.25, 0.3) is 5.69 Å². The number of anilines is 1. The first-order chi connectivity index (χ1) is 11.0. The van der Waals surface area contributed by atoms with E-state index in [-0.39, 0.29) is 18.0 Å². The molecule has 0 spiro atoms. The topological polar surface area (TPSA) is 96.6 Å². The third-order valence-electron chi connectivity index (χ3n) is 2.76. The maximum atomic E-state index is 12.7. The highest BCUT2D eigenvalue weighted by Crippen LogP contribution is 2.16. The standard InChI is InChI=1S/C15H13FN4O3/c16-12-6-4-11(5-7-12)9-17-18-10-15(21)19-13-2-1-3-14(8-13)20(22)23/h1-9,18H,10H2,(H,19,21). The van der Waals surface area contributed by atoms with E-state index in [9.17, 15) is 19.3 Å². The predicted octanol–water partition coefficient (Wildman–Crippen LogP) is 2.30. The summed E-state index contributed by atoms with van der Waals surface area (Å²) in [7, 11) is 0. The van der Waals surface area contributed by atoms with Crippen LogP contribution in [0.25, 0.3) is 0 Å². The summed E-state index contributed by atoms with van der Waals surface area (Å²) < 4.78 is 12.7. The second kappa shape index (κ2) is 7.64. The molecular formula is C15H13FN4O3. The van der Waals surface area contributed by atoms with E-state index in [1.54, 1.807) is 18.2 Å². The SMILES string of the molecule is O=C(CNN=Cc1ccc(F)cc1)Nc1cccc([N+](=O)[O-])c1. The summed E-state index contributed by atoms with van der Waals surface area (Å²) in [6.07, 6.45) is 1.44. The molecule has 0 unspecified atom stereocenters. The number of halogens is 1. The summed E-state index contributed by atoms with van der Waals surface area (Å²) in [4.78, 5) is 21.8. The molecule has 2 rings (SSSR count). The minimum atomic E-state index is -0.541. The molecule has 0 aliphatic heterocycles. The van der Waals surface area contributed by atoms with E-state index in [4.69, 9.17) is 0 Å². The van der Waals surface area contributed by atoms with Crippen LogP contribution in [0.4, 0.5) is 15.8 Å². The van der Waals surface area contributed by atoms with Crippen LogP contribution in [0.3, 0.4) is 0 Å². The maximum Gasteiger partial charge on any atom is 0.271 e. The van der Waals surface area contributed by atoms with Gasteiger partial charge in [0.15, 0.2) is 0 Å². The van der Waals surface area contributed by atoms with Gasteiger partial charge in [-0.05, 0) is 23.8 Å². The van der Waals surface area contributed by atoms with Gasteiger partial charge in [-0.3, -0.25) is 14.9 Å². The van der Waals surface area contributed by atoms with Gasteiger partial charge in [0.1, 0.15) is 12.4 Å². The van der Waals surface area contributed by atoms with Crippen LogP contribution in [-0.2, 0) is 4.79 Å². The number of rotatable bonds is 6. The minimum absolute atomic E-state index is 0.106. The molecule has 0 heterocycles. The smallest absolute Gasteiger partial charge is 0.271 e. The Morgan fingerprint density at radius 2 is 2.00 bits per heavy atom. The van der Waals surface area contributed by atoms with E-state index in [1.807, 2.05) is 0 Å². The molecule has 23 heavy (non-hydrogen) atoms. The Bertz CT molecular complexity index is 732. The number of carbonyl (C=O) groups is 1. The average molecular weight is 316 g/mol. The highest BCUT2D eigenvalue weighted by Gasteiger charge is 2.07. The number of non-ortho nitro benzene ring substituents is 1. The largest absolute Gasteiger partial charge is 0.324 e. The summed E-state index contributed by atoms with van der Waals surface area (Å²) in [5, 5.41) is 17.0. The van der Waals surface area contributed by atoms with Crippen molar-refractivity contribution >= 4 is 23.5 Å². The summed E-state index contributed by atoms with van der Waals surface area (Å²) in [6.45, 7) is -0.111. The predicted molar refractivity (Wildman–Crippen MR) is 83.7 cm³/mol. The number of nitro groups is 1. The number of carbonyl (C=O) groups excluding carboxylic acids is 1. The Balaban J connectivity index is 1.82. The van der Waals surface area contributed by atoms with Crippen molar-refractivity contribution in [2.45, 2.75) is 0 Å². The first kappa shape index (κ1) is 16.1. The van der Waals surface area contributed by atoms with Crippen molar-refractivity contribution in [3.8, 4) is 0 Å². The number of benzene rings is 2. The van der Waals surface area contributed by atoms with Crippen LogP contribution in [0, 0.1) is 15.9 Å². The molecule has 0 aliphatic rings. The molecule has 8 heteroatoms. The normalized spacial score (nSPS) is 10.5. The fraction of sp³-hybridized carbons (Fsp3) is 0.0667. The van der Waals surface area contributed by atoms with Crippen LogP contribution >= 0.6 is 0 Å². The molecule has 0 atom stereocenters. The van der Waals surface area contributed by atoms with Crippen molar-refractivity contribution in [3.63, 3.8) is 0 Å². The quantitative estimate of drug-likeness (QED) is 0.485. The van der Waals surface area contributed by atoms with Crippen molar-refractivity contribution in [2.75, 3.05) is 11.9 Å². The van der Waals surface area contributed by atoms with Gasteiger partial charge in [0.2, 0.25) is 5.91 Å². The Labute approximate surface area is 131 Å². The molecular weight excluding hydrogens is 303 g/mol. The number of hydrogen-bond acceptors (Lipinski definition) is 5. The molecule has 2 aromatic carbocycles. The third-order valence-corrected chi connectivity index (χ3v) is 2.76.